The molecule has 0 aromatic carbocycles. The molecule has 1 aliphatic carbocycles. The second kappa shape index (κ2) is 5.28. The first kappa shape index (κ1) is 12.9. The van der Waals surface area contributed by atoms with Gasteiger partial charge in [0.1, 0.15) is 0 Å². The first-order valence-corrected chi connectivity index (χ1v) is 6.01. The van der Waals surface area contributed by atoms with Crippen LogP contribution >= 0.6 is 0 Å². The minimum Gasteiger partial charge on any atom is -0.388 e. The Balaban J connectivity index is 2.25. The van der Waals surface area contributed by atoms with Gasteiger partial charge in [0.05, 0.1) is 18.3 Å². The molecule has 3 heteroatoms. The highest BCUT2D eigenvalue weighted by Gasteiger charge is 2.27. The van der Waals surface area contributed by atoms with Crippen molar-refractivity contribution in [2.45, 2.75) is 64.2 Å². The van der Waals surface area contributed by atoms with Crippen LogP contribution in [0, 0.1) is 5.92 Å². The van der Waals surface area contributed by atoms with E-state index < -0.39 is 5.60 Å². The highest BCUT2D eigenvalue weighted by molar-refractivity contribution is 4.79. The van der Waals surface area contributed by atoms with E-state index in [1.165, 1.54) is 0 Å². The third-order valence-corrected chi connectivity index (χ3v) is 3.57. The standard InChI is InChI=1S/C12H25NO2/c1-9(2)12(3,14)8-15-11-6-4-10(13)5-7-11/h9-11,14H,4-8,13H2,1-3H3/t10-,11-,12?. The molecule has 0 saturated heterocycles. The smallest absolute Gasteiger partial charge is 0.0875 e. The molecule has 3 N–H and O–H groups in total. The SMILES string of the molecule is CC(C)C(C)(O)CO[C@H]1CC[C@H](N)CC1. The Hall–Kier alpha value is -0.120. The Labute approximate surface area is 93.0 Å². The van der Waals surface area contributed by atoms with Crippen molar-refractivity contribution in [1.82, 2.24) is 0 Å². The zero-order valence-electron chi connectivity index (χ0n) is 10.2. The summed E-state index contributed by atoms with van der Waals surface area (Å²) in [4.78, 5) is 0. The molecule has 90 valence electrons. The lowest BCUT2D eigenvalue weighted by atomic mass is 9.92. The lowest BCUT2D eigenvalue weighted by Crippen LogP contribution is -2.39. The molecule has 0 aromatic rings. The van der Waals surface area contributed by atoms with Crippen LogP contribution in [-0.2, 0) is 4.74 Å². The maximum atomic E-state index is 10.0. The van der Waals surface area contributed by atoms with E-state index in [4.69, 9.17) is 10.5 Å². The molecule has 0 aliphatic heterocycles. The number of ether oxygens (including phenoxy) is 1. The Morgan fingerprint density at radius 3 is 2.33 bits per heavy atom. The minimum atomic E-state index is -0.709. The predicted molar refractivity (Wildman–Crippen MR) is 61.6 cm³/mol. The van der Waals surface area contributed by atoms with Crippen LogP contribution in [0.3, 0.4) is 0 Å². The molecule has 0 amide bonds. The second-order valence-electron chi connectivity index (χ2n) is 5.36. The van der Waals surface area contributed by atoms with Crippen LogP contribution in [0.15, 0.2) is 0 Å². The van der Waals surface area contributed by atoms with Gasteiger partial charge in [-0.05, 0) is 38.5 Å². The summed E-state index contributed by atoms with van der Waals surface area (Å²) >= 11 is 0. The van der Waals surface area contributed by atoms with Crippen molar-refractivity contribution in [2.75, 3.05) is 6.61 Å². The lowest BCUT2D eigenvalue weighted by Gasteiger charge is -2.32. The predicted octanol–water partition coefficient (Wildman–Crippen LogP) is 1.68. The van der Waals surface area contributed by atoms with Gasteiger partial charge >= 0.3 is 0 Å². The van der Waals surface area contributed by atoms with Crippen molar-refractivity contribution in [3.05, 3.63) is 0 Å². The maximum Gasteiger partial charge on any atom is 0.0875 e. The summed E-state index contributed by atoms with van der Waals surface area (Å²) in [6, 6.07) is 0.357. The third kappa shape index (κ3) is 4.09. The molecule has 1 atom stereocenters. The Morgan fingerprint density at radius 2 is 1.87 bits per heavy atom. The van der Waals surface area contributed by atoms with Gasteiger partial charge in [-0.3, -0.25) is 0 Å². The number of rotatable bonds is 4. The quantitative estimate of drug-likeness (QED) is 0.750. The van der Waals surface area contributed by atoms with Crippen LogP contribution in [0.25, 0.3) is 0 Å². The Bertz CT molecular complexity index is 184. The Morgan fingerprint density at radius 1 is 1.33 bits per heavy atom. The summed E-state index contributed by atoms with van der Waals surface area (Å²) in [5.41, 5.74) is 5.11. The van der Waals surface area contributed by atoms with Crippen molar-refractivity contribution in [2.24, 2.45) is 11.7 Å². The molecule has 1 unspecified atom stereocenters. The summed E-state index contributed by atoms with van der Waals surface area (Å²) in [7, 11) is 0. The maximum absolute atomic E-state index is 10.0. The molecular weight excluding hydrogens is 190 g/mol. The van der Waals surface area contributed by atoms with E-state index in [0.29, 0.717) is 18.8 Å². The molecule has 0 spiro atoms. The van der Waals surface area contributed by atoms with Crippen LogP contribution < -0.4 is 5.73 Å². The zero-order valence-corrected chi connectivity index (χ0v) is 10.2. The summed E-state index contributed by atoms with van der Waals surface area (Å²) in [6.45, 7) is 6.30. The number of nitrogens with two attached hydrogens (primary N) is 1. The first-order valence-electron chi connectivity index (χ1n) is 6.01. The van der Waals surface area contributed by atoms with Crippen LogP contribution in [0.1, 0.15) is 46.5 Å². The van der Waals surface area contributed by atoms with Crippen molar-refractivity contribution in [3.63, 3.8) is 0 Å². The van der Waals surface area contributed by atoms with Crippen LogP contribution in [-0.4, -0.2) is 29.5 Å². The lowest BCUT2D eigenvalue weighted by molar-refractivity contribution is -0.0938. The van der Waals surface area contributed by atoms with E-state index in [1.807, 2.05) is 20.8 Å². The van der Waals surface area contributed by atoms with Gasteiger partial charge in [-0.15, -0.1) is 0 Å². The van der Waals surface area contributed by atoms with Gasteiger partial charge in [0.25, 0.3) is 0 Å². The van der Waals surface area contributed by atoms with Crippen LogP contribution in [0.4, 0.5) is 0 Å². The normalized spacial score (nSPS) is 31.6. The molecule has 1 aliphatic rings. The number of hydrogen-bond acceptors (Lipinski definition) is 3. The van der Waals surface area contributed by atoms with Gasteiger partial charge in [0, 0.05) is 6.04 Å². The fourth-order valence-electron chi connectivity index (χ4n) is 1.71. The Kier molecular flexibility index (Phi) is 4.56. The molecule has 0 aromatic heterocycles. The molecule has 0 heterocycles. The summed E-state index contributed by atoms with van der Waals surface area (Å²) in [5.74, 6) is 0.225. The molecule has 0 radical (unpaired) electrons. The zero-order chi connectivity index (χ0) is 11.5. The van der Waals surface area contributed by atoms with E-state index in [2.05, 4.69) is 0 Å². The molecule has 15 heavy (non-hydrogen) atoms. The fourth-order valence-corrected chi connectivity index (χ4v) is 1.71. The largest absolute Gasteiger partial charge is 0.388 e. The van der Waals surface area contributed by atoms with Crippen molar-refractivity contribution in [1.29, 1.82) is 0 Å². The van der Waals surface area contributed by atoms with E-state index in [-0.39, 0.29) is 5.92 Å². The van der Waals surface area contributed by atoms with Crippen LogP contribution in [0.2, 0.25) is 0 Å². The van der Waals surface area contributed by atoms with Crippen molar-refractivity contribution < 1.29 is 9.84 Å². The molecule has 3 nitrogen and oxygen atoms in total. The minimum absolute atomic E-state index is 0.225. The highest BCUT2D eigenvalue weighted by Crippen LogP contribution is 2.23. The van der Waals surface area contributed by atoms with E-state index >= 15 is 0 Å². The van der Waals surface area contributed by atoms with E-state index in [0.717, 1.165) is 25.7 Å². The summed E-state index contributed by atoms with van der Waals surface area (Å²) < 4.78 is 5.75. The van der Waals surface area contributed by atoms with Gasteiger partial charge < -0.3 is 15.6 Å². The average molecular weight is 215 g/mol. The van der Waals surface area contributed by atoms with Gasteiger partial charge in [0.2, 0.25) is 0 Å². The molecule has 1 fully saturated rings. The fraction of sp³-hybridized carbons (Fsp3) is 1.00. The monoisotopic (exact) mass is 215 g/mol. The third-order valence-electron chi connectivity index (χ3n) is 3.57. The average Bonchev–Trinajstić information content (AvgIpc) is 2.17. The molecule has 1 saturated carbocycles. The summed E-state index contributed by atoms with van der Waals surface area (Å²) in [5, 5.41) is 10.0. The number of aliphatic hydroxyl groups is 1. The topological polar surface area (TPSA) is 55.5 Å². The van der Waals surface area contributed by atoms with Gasteiger partial charge in [0.15, 0.2) is 0 Å². The number of hydrogen-bond donors (Lipinski definition) is 2. The molecular formula is C12H25NO2. The summed E-state index contributed by atoms with van der Waals surface area (Å²) in [6.07, 6.45) is 4.48. The van der Waals surface area contributed by atoms with E-state index in [9.17, 15) is 5.11 Å². The second-order valence-corrected chi connectivity index (χ2v) is 5.36. The van der Waals surface area contributed by atoms with Gasteiger partial charge in [-0.1, -0.05) is 13.8 Å². The van der Waals surface area contributed by atoms with Gasteiger partial charge in [-0.2, -0.15) is 0 Å². The highest BCUT2D eigenvalue weighted by atomic mass is 16.5. The molecule has 0 bridgehead atoms. The first-order chi connectivity index (χ1) is 6.92. The van der Waals surface area contributed by atoms with Crippen molar-refractivity contribution in [3.8, 4) is 0 Å². The van der Waals surface area contributed by atoms with Crippen LogP contribution in [0.5, 0.6) is 0 Å². The molecule has 1 rings (SSSR count). The van der Waals surface area contributed by atoms with Crippen molar-refractivity contribution >= 4 is 0 Å². The van der Waals surface area contributed by atoms with Gasteiger partial charge in [-0.25, -0.2) is 0 Å². The van der Waals surface area contributed by atoms with E-state index in [1.54, 1.807) is 0 Å².